The van der Waals surface area contributed by atoms with E-state index in [9.17, 15) is 4.57 Å². The SMILES string of the molecule is CNC1=C(C=N)c2cc(Nc3ncc(Br)c(Nc4ccccc4P(C)(C)=O)n3)c(OC)cc2N(C(C)C)CC1. The second-order valence-corrected chi connectivity index (χ2v) is 13.9. The van der Waals surface area contributed by atoms with Crippen LogP contribution in [0.1, 0.15) is 25.8 Å². The number of fused-ring (bicyclic) bond motifs is 1. The monoisotopic (exact) mass is 611 g/mol. The number of benzene rings is 2. The van der Waals surface area contributed by atoms with Crippen LogP contribution in [0.2, 0.25) is 0 Å². The molecular weight excluding hydrogens is 577 g/mol. The zero-order valence-electron chi connectivity index (χ0n) is 23.1. The zero-order chi connectivity index (χ0) is 28.3. The molecular formula is C28H35BrN7O2P. The van der Waals surface area contributed by atoms with Crippen LogP contribution in [0.5, 0.6) is 5.75 Å². The van der Waals surface area contributed by atoms with Crippen molar-refractivity contribution in [3.8, 4) is 5.75 Å². The molecule has 4 rings (SSSR count). The molecule has 0 saturated heterocycles. The maximum Gasteiger partial charge on any atom is 0.229 e. The normalized spacial score (nSPS) is 13.6. The number of nitrogens with zero attached hydrogens (tertiary/aromatic N) is 3. The fourth-order valence-electron chi connectivity index (χ4n) is 4.71. The molecule has 0 aliphatic carbocycles. The minimum Gasteiger partial charge on any atom is -0.494 e. The summed E-state index contributed by atoms with van der Waals surface area (Å²) < 4.78 is 19.3. The Kier molecular flexibility index (Phi) is 8.67. The molecule has 1 aromatic heterocycles. The van der Waals surface area contributed by atoms with Crippen LogP contribution in [0.15, 0.2) is 52.8 Å². The lowest BCUT2D eigenvalue weighted by molar-refractivity contribution is 0.416. The first-order valence-corrected chi connectivity index (χ1v) is 16.1. The number of nitrogens with one attached hydrogen (secondary N) is 4. The van der Waals surface area contributed by atoms with Crippen molar-refractivity contribution >= 4 is 69.0 Å². The molecule has 0 fully saturated rings. The van der Waals surface area contributed by atoms with Gasteiger partial charge in [0.15, 0.2) is 0 Å². The quantitative estimate of drug-likeness (QED) is 0.167. The van der Waals surface area contributed by atoms with Gasteiger partial charge in [0, 0.05) is 72.4 Å². The van der Waals surface area contributed by atoms with Gasteiger partial charge in [-0.15, -0.1) is 0 Å². The van der Waals surface area contributed by atoms with Crippen molar-refractivity contribution in [2.24, 2.45) is 0 Å². The Morgan fingerprint density at radius 1 is 1.18 bits per heavy atom. The smallest absolute Gasteiger partial charge is 0.229 e. The van der Waals surface area contributed by atoms with Crippen molar-refractivity contribution in [2.45, 2.75) is 26.3 Å². The second kappa shape index (κ2) is 11.8. The highest BCUT2D eigenvalue weighted by atomic mass is 79.9. The lowest BCUT2D eigenvalue weighted by atomic mass is 10.0. The highest BCUT2D eigenvalue weighted by molar-refractivity contribution is 9.10. The summed E-state index contributed by atoms with van der Waals surface area (Å²) >= 11 is 3.53. The molecule has 9 nitrogen and oxygen atoms in total. The Morgan fingerprint density at radius 3 is 2.56 bits per heavy atom. The third kappa shape index (κ3) is 6.12. The van der Waals surface area contributed by atoms with Crippen molar-refractivity contribution in [3.05, 3.63) is 58.3 Å². The van der Waals surface area contributed by atoms with Gasteiger partial charge < -0.3 is 35.6 Å². The van der Waals surface area contributed by atoms with Crippen LogP contribution in [0, 0.1) is 5.41 Å². The Morgan fingerprint density at radius 2 is 1.92 bits per heavy atom. The summed E-state index contributed by atoms with van der Waals surface area (Å²) in [6, 6.07) is 11.8. The van der Waals surface area contributed by atoms with E-state index in [1.807, 2.05) is 43.4 Å². The Hall–Kier alpha value is -3.36. The van der Waals surface area contributed by atoms with Gasteiger partial charge in [-0.2, -0.15) is 4.98 Å². The molecule has 0 radical (unpaired) electrons. The molecule has 0 bridgehead atoms. The van der Waals surface area contributed by atoms with Crippen molar-refractivity contribution in [2.75, 3.05) is 49.6 Å². The summed E-state index contributed by atoms with van der Waals surface area (Å²) in [5, 5.41) is 18.9. The van der Waals surface area contributed by atoms with Crippen molar-refractivity contribution in [1.29, 1.82) is 5.41 Å². The van der Waals surface area contributed by atoms with E-state index in [-0.39, 0.29) is 6.04 Å². The maximum atomic E-state index is 12.9. The van der Waals surface area contributed by atoms with Crippen LogP contribution in [-0.4, -0.2) is 56.3 Å². The summed E-state index contributed by atoms with van der Waals surface area (Å²) in [5.74, 6) is 1.53. The number of anilines is 5. The number of halogens is 1. The Balaban J connectivity index is 1.77. The number of allylic oxidation sites excluding steroid dienone is 1. The van der Waals surface area contributed by atoms with E-state index in [4.69, 9.17) is 15.1 Å². The lowest BCUT2D eigenvalue weighted by Crippen LogP contribution is -2.32. The first-order valence-electron chi connectivity index (χ1n) is 12.7. The van der Waals surface area contributed by atoms with Crippen LogP contribution in [0.25, 0.3) is 5.57 Å². The van der Waals surface area contributed by atoms with E-state index in [0.717, 1.165) is 46.5 Å². The molecule has 2 heterocycles. The standard InChI is InChI=1S/C28H35BrN7O2P/c1-17(2)36-12-11-21(31-3)19(15-30)18-13-23(25(38-4)14-24(18)36)34-28-32-16-20(29)27(35-28)33-22-9-7-8-10-26(22)39(5,6)37/h7-10,13-17,30-31H,11-12H2,1-6H3,(H2,32,33,34,35). The van der Waals surface area contributed by atoms with Crippen LogP contribution in [-0.2, 0) is 4.57 Å². The fourth-order valence-corrected chi connectivity index (χ4v) is 6.16. The van der Waals surface area contributed by atoms with E-state index in [1.54, 1.807) is 26.6 Å². The third-order valence-corrected chi connectivity index (χ3v) is 8.77. The fraction of sp³-hybridized carbons (Fsp3) is 0.321. The van der Waals surface area contributed by atoms with Crippen molar-refractivity contribution in [3.63, 3.8) is 0 Å². The number of methoxy groups -OCH3 is 1. The van der Waals surface area contributed by atoms with Gasteiger partial charge in [0.25, 0.3) is 0 Å². The molecule has 2 aromatic carbocycles. The first kappa shape index (κ1) is 28.6. The first-order chi connectivity index (χ1) is 18.6. The highest BCUT2D eigenvalue weighted by Crippen LogP contribution is 2.42. The topological polar surface area (TPSA) is 115 Å². The van der Waals surface area contributed by atoms with Gasteiger partial charge in [0.1, 0.15) is 18.7 Å². The lowest BCUT2D eigenvalue weighted by Gasteiger charge is -2.30. The van der Waals surface area contributed by atoms with E-state index in [0.29, 0.717) is 27.7 Å². The summed E-state index contributed by atoms with van der Waals surface area (Å²) in [5.41, 5.74) is 5.19. The van der Waals surface area contributed by atoms with Crippen LogP contribution >= 0.6 is 23.1 Å². The number of hydrogen-bond donors (Lipinski definition) is 4. The highest BCUT2D eigenvalue weighted by Gasteiger charge is 2.25. The van der Waals surface area contributed by atoms with Crippen LogP contribution in [0.3, 0.4) is 0 Å². The number of hydrogen-bond acceptors (Lipinski definition) is 9. The summed E-state index contributed by atoms with van der Waals surface area (Å²) in [6.45, 7) is 8.64. The Bertz CT molecular complexity index is 1470. The molecule has 3 aromatic rings. The Labute approximate surface area is 238 Å². The van der Waals surface area contributed by atoms with Gasteiger partial charge in [-0.1, -0.05) is 12.1 Å². The molecule has 0 saturated carbocycles. The minimum absolute atomic E-state index is 0.267. The third-order valence-electron chi connectivity index (χ3n) is 6.64. The summed E-state index contributed by atoms with van der Waals surface area (Å²) in [7, 11) is 1.01. The molecule has 0 unspecified atom stereocenters. The molecule has 1 aliphatic heterocycles. The van der Waals surface area contributed by atoms with Gasteiger partial charge in [-0.3, -0.25) is 0 Å². The molecule has 0 atom stereocenters. The molecule has 0 spiro atoms. The maximum absolute atomic E-state index is 12.9. The van der Waals surface area contributed by atoms with Crippen molar-refractivity contribution < 1.29 is 9.30 Å². The van der Waals surface area contributed by atoms with E-state index in [2.05, 4.69) is 55.6 Å². The molecule has 0 amide bonds. The van der Waals surface area contributed by atoms with Crippen LogP contribution < -0.4 is 30.9 Å². The average molecular weight is 613 g/mol. The van der Waals surface area contributed by atoms with Gasteiger partial charge in [-0.05, 0) is 61.3 Å². The number of aromatic nitrogens is 2. The number of rotatable bonds is 9. The minimum atomic E-state index is -2.51. The molecule has 1 aliphatic rings. The second-order valence-electron chi connectivity index (χ2n) is 9.90. The molecule has 39 heavy (non-hydrogen) atoms. The summed E-state index contributed by atoms with van der Waals surface area (Å²) in [4.78, 5) is 11.5. The molecule has 206 valence electrons. The predicted octanol–water partition coefficient (Wildman–Crippen LogP) is 6.18. The summed E-state index contributed by atoms with van der Waals surface area (Å²) in [6.07, 6.45) is 3.87. The van der Waals surface area contributed by atoms with E-state index < -0.39 is 7.14 Å². The molecule has 4 N–H and O–H groups in total. The molecule has 11 heteroatoms. The van der Waals surface area contributed by atoms with E-state index in [1.165, 1.54) is 6.21 Å². The average Bonchev–Trinajstić information content (AvgIpc) is 3.05. The number of ether oxygens (including phenoxy) is 1. The van der Waals surface area contributed by atoms with Gasteiger partial charge in [0.05, 0.1) is 23.0 Å². The predicted molar refractivity (Wildman–Crippen MR) is 167 cm³/mol. The van der Waals surface area contributed by atoms with Gasteiger partial charge in [-0.25, -0.2) is 4.98 Å². The van der Waals surface area contributed by atoms with E-state index >= 15 is 0 Å². The zero-order valence-corrected chi connectivity index (χ0v) is 25.6. The van der Waals surface area contributed by atoms with Gasteiger partial charge >= 0.3 is 0 Å². The van der Waals surface area contributed by atoms with Gasteiger partial charge in [0.2, 0.25) is 5.95 Å². The number of para-hydroxylation sites is 1. The van der Waals surface area contributed by atoms with Crippen LogP contribution in [0.4, 0.5) is 28.8 Å². The largest absolute Gasteiger partial charge is 0.494 e. The van der Waals surface area contributed by atoms with Crippen molar-refractivity contribution in [1.82, 2.24) is 15.3 Å².